The van der Waals surface area contributed by atoms with Gasteiger partial charge in [0.15, 0.2) is 5.82 Å². The smallest absolute Gasteiger partial charge is 0.244 e. The Bertz CT molecular complexity index is 731. The van der Waals surface area contributed by atoms with Gasteiger partial charge in [-0.2, -0.15) is 0 Å². The Kier molecular flexibility index (Phi) is 3.62. The average molecular weight is 298 g/mol. The lowest BCUT2D eigenvalue weighted by atomic mass is 10.4. The maximum atomic E-state index is 12.3. The minimum atomic E-state index is -3.86. The first kappa shape index (κ1) is 14.3. The number of hydrogen-bond acceptors (Lipinski definition) is 6. The molecule has 108 valence electrons. The van der Waals surface area contributed by atoms with Crippen LogP contribution >= 0.6 is 0 Å². The molecule has 0 radical (unpaired) electrons. The number of anilines is 1. The van der Waals surface area contributed by atoms with Crippen LogP contribution < -0.4 is 5.32 Å². The number of amides is 1. The van der Waals surface area contributed by atoms with Crippen molar-refractivity contribution >= 4 is 21.6 Å². The quantitative estimate of drug-likeness (QED) is 0.881. The second-order valence-electron chi connectivity index (χ2n) is 4.32. The highest BCUT2D eigenvalue weighted by molar-refractivity contribution is 7.92. The van der Waals surface area contributed by atoms with Crippen molar-refractivity contribution in [3.05, 3.63) is 24.2 Å². The normalized spacial score (nSPS) is 13.2. The van der Waals surface area contributed by atoms with E-state index < -0.39 is 21.0 Å². The first-order chi connectivity index (χ1) is 9.32. The first-order valence-corrected chi connectivity index (χ1v) is 7.32. The third-order valence-electron chi connectivity index (χ3n) is 2.75. The number of imidazole rings is 1. The van der Waals surface area contributed by atoms with E-state index in [1.807, 2.05) is 0 Å². The third kappa shape index (κ3) is 2.57. The van der Waals surface area contributed by atoms with E-state index in [0.717, 1.165) is 0 Å². The summed E-state index contributed by atoms with van der Waals surface area (Å²) in [5, 5.41) is 4.52. The number of sulfone groups is 1. The van der Waals surface area contributed by atoms with Crippen LogP contribution in [0.2, 0.25) is 0 Å². The van der Waals surface area contributed by atoms with E-state index in [-0.39, 0.29) is 11.0 Å². The summed E-state index contributed by atoms with van der Waals surface area (Å²) >= 11 is 0. The molecule has 9 heteroatoms. The highest BCUT2D eigenvalue weighted by atomic mass is 32.2. The summed E-state index contributed by atoms with van der Waals surface area (Å²) in [6.07, 6.45) is 2.86. The summed E-state index contributed by atoms with van der Waals surface area (Å²) in [5.74, 6) is -0.00407. The van der Waals surface area contributed by atoms with Crippen molar-refractivity contribution in [2.75, 3.05) is 5.32 Å². The van der Waals surface area contributed by atoms with Gasteiger partial charge in [0.1, 0.15) is 11.0 Å². The minimum Gasteiger partial charge on any atom is -0.360 e. The van der Waals surface area contributed by atoms with E-state index in [1.165, 1.54) is 30.0 Å². The fraction of sp³-hybridized carbons (Fsp3) is 0.364. The van der Waals surface area contributed by atoms with E-state index in [9.17, 15) is 13.2 Å². The molecule has 20 heavy (non-hydrogen) atoms. The molecule has 0 fully saturated rings. The molecule has 0 spiro atoms. The lowest BCUT2D eigenvalue weighted by Gasteiger charge is -2.11. The summed E-state index contributed by atoms with van der Waals surface area (Å²) in [7, 11) is -2.31. The highest BCUT2D eigenvalue weighted by Crippen LogP contribution is 2.15. The van der Waals surface area contributed by atoms with Gasteiger partial charge in [-0.15, -0.1) is 0 Å². The molecule has 1 unspecified atom stereocenters. The molecule has 0 saturated carbocycles. The molecule has 2 heterocycles. The molecule has 0 aliphatic carbocycles. The summed E-state index contributed by atoms with van der Waals surface area (Å²) in [6.45, 7) is 2.96. The Morgan fingerprint density at radius 2 is 2.20 bits per heavy atom. The second kappa shape index (κ2) is 5.08. The van der Waals surface area contributed by atoms with Crippen molar-refractivity contribution in [3.8, 4) is 0 Å². The van der Waals surface area contributed by atoms with Crippen molar-refractivity contribution in [1.29, 1.82) is 0 Å². The van der Waals surface area contributed by atoms with Crippen LogP contribution in [-0.4, -0.2) is 34.3 Å². The number of aromatic nitrogens is 3. The van der Waals surface area contributed by atoms with Crippen LogP contribution in [-0.2, 0) is 21.7 Å². The van der Waals surface area contributed by atoms with Gasteiger partial charge in [-0.3, -0.25) is 4.79 Å². The molecule has 0 aliphatic rings. The van der Waals surface area contributed by atoms with Crippen LogP contribution in [0.5, 0.6) is 0 Å². The Morgan fingerprint density at radius 1 is 1.50 bits per heavy atom. The predicted molar refractivity (Wildman–Crippen MR) is 69.7 cm³/mol. The molecule has 2 aromatic heterocycles. The molecule has 1 amide bonds. The van der Waals surface area contributed by atoms with Crippen molar-refractivity contribution in [2.24, 2.45) is 7.05 Å². The molecule has 0 saturated heterocycles. The molecule has 2 rings (SSSR count). The SMILES string of the molecule is Cc1cc(NC(=O)C(C)S(=O)(=O)c2nccn2C)no1. The fourth-order valence-corrected chi connectivity index (χ4v) is 2.91. The lowest BCUT2D eigenvalue weighted by molar-refractivity contribution is -0.115. The Labute approximate surface area is 115 Å². The second-order valence-corrected chi connectivity index (χ2v) is 6.48. The van der Waals surface area contributed by atoms with Crippen LogP contribution in [0.4, 0.5) is 5.82 Å². The fourth-order valence-electron chi connectivity index (χ4n) is 1.58. The van der Waals surface area contributed by atoms with Gasteiger partial charge in [0, 0.05) is 25.5 Å². The molecule has 1 N–H and O–H groups in total. The first-order valence-electron chi connectivity index (χ1n) is 5.78. The standard InChI is InChI=1S/C11H14N4O4S/c1-7-6-9(14-19-7)13-10(16)8(2)20(17,18)11-12-4-5-15(11)3/h4-6,8H,1-3H3,(H,13,14,16). The average Bonchev–Trinajstić information content (AvgIpc) is 2.97. The van der Waals surface area contributed by atoms with Crippen molar-refractivity contribution < 1.29 is 17.7 Å². The van der Waals surface area contributed by atoms with Crippen molar-refractivity contribution in [2.45, 2.75) is 24.3 Å². The van der Waals surface area contributed by atoms with Crippen LogP contribution in [0.15, 0.2) is 28.1 Å². The molecular formula is C11H14N4O4S. The molecule has 1 atom stereocenters. The lowest BCUT2D eigenvalue weighted by Crippen LogP contribution is -2.34. The topological polar surface area (TPSA) is 107 Å². The number of rotatable bonds is 4. The van der Waals surface area contributed by atoms with Gasteiger partial charge >= 0.3 is 0 Å². The molecule has 2 aromatic rings. The number of carbonyl (C=O) groups excluding carboxylic acids is 1. The van der Waals surface area contributed by atoms with Gasteiger partial charge in [0.2, 0.25) is 20.9 Å². The van der Waals surface area contributed by atoms with E-state index in [4.69, 9.17) is 4.52 Å². The zero-order valence-corrected chi connectivity index (χ0v) is 12.0. The molecular weight excluding hydrogens is 284 g/mol. The number of aryl methyl sites for hydroxylation is 2. The summed E-state index contributed by atoms with van der Waals surface area (Å²) in [4.78, 5) is 15.7. The minimum absolute atomic E-state index is 0.156. The van der Waals surface area contributed by atoms with E-state index in [2.05, 4.69) is 15.5 Å². The van der Waals surface area contributed by atoms with E-state index in [0.29, 0.717) is 5.76 Å². The maximum Gasteiger partial charge on any atom is 0.244 e. The van der Waals surface area contributed by atoms with E-state index in [1.54, 1.807) is 14.0 Å². The molecule has 8 nitrogen and oxygen atoms in total. The largest absolute Gasteiger partial charge is 0.360 e. The van der Waals surface area contributed by atoms with Crippen molar-refractivity contribution in [3.63, 3.8) is 0 Å². The number of carbonyl (C=O) groups is 1. The maximum absolute atomic E-state index is 12.3. The zero-order chi connectivity index (χ0) is 14.9. The summed E-state index contributed by atoms with van der Waals surface area (Å²) in [6, 6.07) is 1.50. The van der Waals surface area contributed by atoms with Gasteiger partial charge in [0.25, 0.3) is 0 Å². The number of nitrogens with one attached hydrogen (secondary N) is 1. The molecule has 0 aliphatic heterocycles. The Morgan fingerprint density at radius 3 is 2.70 bits per heavy atom. The highest BCUT2D eigenvalue weighted by Gasteiger charge is 2.33. The van der Waals surface area contributed by atoms with Gasteiger partial charge in [-0.05, 0) is 13.8 Å². The van der Waals surface area contributed by atoms with Gasteiger partial charge in [-0.25, -0.2) is 13.4 Å². The van der Waals surface area contributed by atoms with Gasteiger partial charge in [0.05, 0.1) is 0 Å². The third-order valence-corrected chi connectivity index (χ3v) is 4.79. The van der Waals surface area contributed by atoms with Crippen molar-refractivity contribution in [1.82, 2.24) is 14.7 Å². The zero-order valence-electron chi connectivity index (χ0n) is 11.2. The van der Waals surface area contributed by atoms with E-state index >= 15 is 0 Å². The predicted octanol–water partition coefficient (Wildman–Crippen LogP) is 0.517. The molecule has 0 bridgehead atoms. The Hall–Kier alpha value is -2.16. The number of hydrogen-bond donors (Lipinski definition) is 1. The van der Waals surface area contributed by atoms with Gasteiger partial charge < -0.3 is 14.4 Å². The monoisotopic (exact) mass is 298 g/mol. The van der Waals surface area contributed by atoms with Crippen LogP contribution in [0, 0.1) is 6.92 Å². The van der Waals surface area contributed by atoms with Crippen LogP contribution in [0.1, 0.15) is 12.7 Å². The summed E-state index contributed by atoms with van der Waals surface area (Å²) < 4.78 is 30.7. The van der Waals surface area contributed by atoms with Crippen LogP contribution in [0.3, 0.4) is 0 Å². The number of nitrogens with zero attached hydrogens (tertiary/aromatic N) is 3. The summed E-state index contributed by atoms with van der Waals surface area (Å²) in [5.41, 5.74) is 0. The Balaban J connectivity index is 2.20. The van der Waals surface area contributed by atoms with Gasteiger partial charge in [-0.1, -0.05) is 5.16 Å². The molecule has 0 aromatic carbocycles. The van der Waals surface area contributed by atoms with Crippen LogP contribution in [0.25, 0.3) is 0 Å².